The minimum atomic E-state index is 0.485. The SMILES string of the molecule is Cn1[nH]c(-c2cc(Cl)sc2Cl)nc1=S. The summed E-state index contributed by atoms with van der Waals surface area (Å²) in [7, 11) is 1.79. The van der Waals surface area contributed by atoms with Gasteiger partial charge in [0.2, 0.25) is 4.77 Å². The lowest BCUT2D eigenvalue weighted by atomic mass is 10.3. The molecule has 0 aliphatic heterocycles. The molecule has 0 radical (unpaired) electrons. The molecule has 0 unspecified atom stereocenters. The average Bonchev–Trinajstić information content (AvgIpc) is 2.57. The molecule has 2 aromatic rings. The van der Waals surface area contributed by atoms with Crippen molar-refractivity contribution in [3.63, 3.8) is 0 Å². The van der Waals surface area contributed by atoms with Crippen LogP contribution < -0.4 is 0 Å². The van der Waals surface area contributed by atoms with Gasteiger partial charge in [-0.25, -0.2) is 0 Å². The summed E-state index contributed by atoms with van der Waals surface area (Å²) in [5, 5.41) is 2.98. The number of thiophene rings is 1. The van der Waals surface area contributed by atoms with Crippen molar-refractivity contribution in [3.8, 4) is 11.4 Å². The molecule has 0 fully saturated rings. The zero-order chi connectivity index (χ0) is 10.3. The van der Waals surface area contributed by atoms with Crippen LogP contribution in [0.2, 0.25) is 8.67 Å². The summed E-state index contributed by atoms with van der Waals surface area (Å²) in [6, 6.07) is 1.77. The predicted octanol–water partition coefficient (Wildman–Crippen LogP) is 3.51. The maximum absolute atomic E-state index is 5.97. The van der Waals surface area contributed by atoms with Gasteiger partial charge < -0.3 is 0 Å². The fourth-order valence-corrected chi connectivity index (χ4v) is 2.63. The van der Waals surface area contributed by atoms with Gasteiger partial charge in [-0.3, -0.25) is 9.78 Å². The monoisotopic (exact) mass is 265 g/mol. The van der Waals surface area contributed by atoms with Crippen molar-refractivity contribution in [1.82, 2.24) is 14.8 Å². The molecule has 2 rings (SSSR count). The second-order valence-corrected chi connectivity index (χ2v) is 5.30. The third kappa shape index (κ3) is 1.72. The molecule has 7 heteroatoms. The van der Waals surface area contributed by atoms with E-state index in [2.05, 4.69) is 10.1 Å². The van der Waals surface area contributed by atoms with Gasteiger partial charge in [0.15, 0.2) is 5.82 Å². The number of halogens is 2. The summed E-state index contributed by atoms with van der Waals surface area (Å²) >= 11 is 18.1. The highest BCUT2D eigenvalue weighted by Gasteiger charge is 2.11. The first-order valence-corrected chi connectivity index (χ1v) is 5.64. The van der Waals surface area contributed by atoms with Crippen molar-refractivity contribution >= 4 is 46.8 Å². The van der Waals surface area contributed by atoms with Gasteiger partial charge in [-0.2, -0.15) is 4.98 Å². The molecule has 14 heavy (non-hydrogen) atoms. The number of hydrogen-bond acceptors (Lipinski definition) is 3. The maximum Gasteiger partial charge on any atom is 0.216 e. The molecule has 2 aromatic heterocycles. The highest BCUT2D eigenvalue weighted by atomic mass is 35.5. The van der Waals surface area contributed by atoms with Crippen LogP contribution in [0, 0.1) is 4.77 Å². The average molecular weight is 266 g/mol. The van der Waals surface area contributed by atoms with Crippen LogP contribution in [0.1, 0.15) is 0 Å². The molecule has 0 saturated heterocycles. The van der Waals surface area contributed by atoms with Gasteiger partial charge in [-0.1, -0.05) is 23.2 Å². The predicted molar refractivity (Wildman–Crippen MR) is 61.7 cm³/mol. The molecule has 0 saturated carbocycles. The maximum atomic E-state index is 5.97. The Labute approximate surface area is 99.3 Å². The summed E-state index contributed by atoms with van der Waals surface area (Å²) in [5.74, 6) is 0.644. The van der Waals surface area contributed by atoms with Crippen LogP contribution in [0.25, 0.3) is 11.4 Å². The standard InChI is InChI=1S/C7H5Cl2N3S2/c1-12-7(13)10-6(11-12)3-2-4(8)14-5(3)9/h2H,1H3,(H,10,11,13). The lowest BCUT2D eigenvalue weighted by Gasteiger charge is -1.90. The van der Waals surface area contributed by atoms with Crippen LogP contribution in [0.15, 0.2) is 6.07 Å². The van der Waals surface area contributed by atoms with Crippen molar-refractivity contribution in [2.24, 2.45) is 7.05 Å². The number of aromatic amines is 1. The minimum absolute atomic E-state index is 0.485. The quantitative estimate of drug-likeness (QED) is 0.801. The molecular weight excluding hydrogens is 261 g/mol. The van der Waals surface area contributed by atoms with Crippen LogP contribution in [0.4, 0.5) is 0 Å². The lowest BCUT2D eigenvalue weighted by molar-refractivity contribution is 0.756. The van der Waals surface area contributed by atoms with Crippen molar-refractivity contribution in [3.05, 3.63) is 19.5 Å². The summed E-state index contributed by atoms with van der Waals surface area (Å²) in [4.78, 5) is 4.14. The summed E-state index contributed by atoms with van der Waals surface area (Å²) in [6.07, 6.45) is 0. The first-order chi connectivity index (χ1) is 6.58. The van der Waals surface area contributed by atoms with E-state index in [1.807, 2.05) is 0 Å². The Hall–Kier alpha value is -0.360. The number of aryl methyl sites for hydroxylation is 1. The van der Waals surface area contributed by atoms with Crippen molar-refractivity contribution in [1.29, 1.82) is 0 Å². The Morgan fingerprint density at radius 3 is 2.71 bits per heavy atom. The first-order valence-electron chi connectivity index (χ1n) is 3.66. The number of nitrogens with one attached hydrogen (secondary N) is 1. The first kappa shape index (κ1) is 10.2. The Bertz CT molecular complexity index is 525. The molecule has 0 aliphatic rings. The molecular formula is C7H5Cl2N3S2. The third-order valence-electron chi connectivity index (χ3n) is 1.68. The van der Waals surface area contributed by atoms with E-state index < -0.39 is 0 Å². The van der Waals surface area contributed by atoms with Gasteiger partial charge in [-0.05, 0) is 18.3 Å². The van der Waals surface area contributed by atoms with E-state index in [0.717, 1.165) is 5.56 Å². The summed E-state index contributed by atoms with van der Waals surface area (Å²) in [5.41, 5.74) is 0.786. The summed E-state index contributed by atoms with van der Waals surface area (Å²) < 4.78 is 3.37. The molecule has 1 N–H and O–H groups in total. The largest absolute Gasteiger partial charge is 0.279 e. The number of rotatable bonds is 1. The molecule has 0 aromatic carbocycles. The topological polar surface area (TPSA) is 33.6 Å². The smallest absolute Gasteiger partial charge is 0.216 e. The lowest BCUT2D eigenvalue weighted by Crippen LogP contribution is -1.89. The Balaban J connectivity index is 2.59. The summed E-state index contributed by atoms with van der Waals surface area (Å²) in [6.45, 7) is 0. The van der Waals surface area contributed by atoms with E-state index in [4.69, 9.17) is 35.4 Å². The van der Waals surface area contributed by atoms with E-state index in [-0.39, 0.29) is 0 Å². The van der Waals surface area contributed by atoms with E-state index in [9.17, 15) is 0 Å². The normalized spacial score (nSPS) is 10.8. The fourth-order valence-electron chi connectivity index (χ4n) is 1.02. The van der Waals surface area contributed by atoms with E-state index >= 15 is 0 Å². The Morgan fingerprint density at radius 1 is 1.57 bits per heavy atom. The highest BCUT2D eigenvalue weighted by Crippen LogP contribution is 2.36. The van der Waals surface area contributed by atoms with Crippen LogP contribution >= 0.6 is 46.8 Å². The third-order valence-corrected chi connectivity index (χ3v) is 3.53. The Morgan fingerprint density at radius 2 is 2.29 bits per heavy atom. The van der Waals surface area contributed by atoms with E-state index in [1.165, 1.54) is 11.3 Å². The van der Waals surface area contributed by atoms with Crippen LogP contribution in [-0.4, -0.2) is 14.8 Å². The second-order valence-electron chi connectivity index (χ2n) is 2.65. The molecule has 74 valence electrons. The Kier molecular flexibility index (Phi) is 2.66. The van der Waals surface area contributed by atoms with Crippen LogP contribution in [-0.2, 0) is 7.05 Å². The van der Waals surface area contributed by atoms with Gasteiger partial charge in [-0.15, -0.1) is 11.3 Å². The van der Waals surface area contributed by atoms with Crippen molar-refractivity contribution in [2.75, 3.05) is 0 Å². The van der Waals surface area contributed by atoms with Gasteiger partial charge in [0, 0.05) is 12.6 Å². The number of hydrogen-bond donors (Lipinski definition) is 1. The molecule has 0 aliphatic carbocycles. The molecule has 0 bridgehead atoms. The number of aromatic nitrogens is 3. The molecule has 0 amide bonds. The van der Waals surface area contributed by atoms with E-state index in [0.29, 0.717) is 19.3 Å². The molecule has 0 spiro atoms. The number of nitrogens with zero attached hydrogens (tertiary/aromatic N) is 2. The van der Waals surface area contributed by atoms with Gasteiger partial charge >= 0.3 is 0 Å². The molecule has 2 heterocycles. The molecule has 3 nitrogen and oxygen atoms in total. The van der Waals surface area contributed by atoms with Gasteiger partial charge in [0.25, 0.3) is 0 Å². The van der Waals surface area contributed by atoms with Crippen molar-refractivity contribution < 1.29 is 0 Å². The number of H-pyrrole nitrogens is 1. The zero-order valence-electron chi connectivity index (χ0n) is 7.04. The van der Waals surface area contributed by atoms with Gasteiger partial charge in [0.05, 0.1) is 4.34 Å². The molecule has 0 atom stereocenters. The second kappa shape index (κ2) is 3.66. The van der Waals surface area contributed by atoms with Gasteiger partial charge in [0.1, 0.15) is 4.34 Å². The fraction of sp³-hybridized carbons (Fsp3) is 0.143. The van der Waals surface area contributed by atoms with Crippen LogP contribution in [0.5, 0.6) is 0 Å². The highest BCUT2D eigenvalue weighted by molar-refractivity contribution is 7.71. The van der Waals surface area contributed by atoms with E-state index in [1.54, 1.807) is 17.8 Å². The van der Waals surface area contributed by atoms with Crippen LogP contribution in [0.3, 0.4) is 0 Å². The minimum Gasteiger partial charge on any atom is -0.279 e. The zero-order valence-corrected chi connectivity index (χ0v) is 10.2. The van der Waals surface area contributed by atoms with Crippen molar-refractivity contribution in [2.45, 2.75) is 0 Å².